The van der Waals surface area contributed by atoms with Crippen LogP contribution in [0, 0.1) is 6.92 Å². The lowest BCUT2D eigenvalue weighted by molar-refractivity contribution is 0.142. The van der Waals surface area contributed by atoms with Crippen LogP contribution in [0.3, 0.4) is 0 Å². The standard InChI is InChI=1S/C9H12ClO5P/c1-7-4-2-3-5-8(7)15-9(10)6-14-16(11,12)13/h2-5,9H,6H2,1H3,(H2,11,12,13). The Labute approximate surface area is 98.2 Å². The third-order valence-corrected chi connectivity index (χ3v) is 2.42. The molecule has 1 aromatic rings. The average Bonchev–Trinajstić information content (AvgIpc) is 2.18. The number of halogens is 1. The molecule has 0 amide bonds. The molecule has 0 fully saturated rings. The molecule has 0 radical (unpaired) electrons. The highest BCUT2D eigenvalue weighted by Gasteiger charge is 2.18. The Morgan fingerprint density at radius 3 is 2.62 bits per heavy atom. The fraction of sp³-hybridized carbons (Fsp3) is 0.333. The van der Waals surface area contributed by atoms with Gasteiger partial charge in [-0.15, -0.1) is 0 Å². The van der Waals surface area contributed by atoms with Crippen LogP contribution in [0.2, 0.25) is 0 Å². The van der Waals surface area contributed by atoms with Crippen LogP contribution in [-0.4, -0.2) is 22.0 Å². The van der Waals surface area contributed by atoms with Crippen molar-refractivity contribution in [1.82, 2.24) is 0 Å². The molecule has 0 aliphatic heterocycles. The van der Waals surface area contributed by atoms with Gasteiger partial charge in [0.25, 0.3) is 0 Å². The third-order valence-electron chi connectivity index (χ3n) is 1.72. The van der Waals surface area contributed by atoms with Crippen molar-refractivity contribution in [3.05, 3.63) is 29.8 Å². The van der Waals surface area contributed by atoms with Crippen LogP contribution in [-0.2, 0) is 9.09 Å². The number of hydrogen-bond acceptors (Lipinski definition) is 3. The quantitative estimate of drug-likeness (QED) is 0.630. The van der Waals surface area contributed by atoms with Gasteiger partial charge in [0.05, 0.1) is 0 Å². The summed E-state index contributed by atoms with van der Waals surface area (Å²) in [6, 6.07) is 7.17. The first-order valence-corrected chi connectivity index (χ1v) is 6.41. The van der Waals surface area contributed by atoms with Gasteiger partial charge in [0, 0.05) is 0 Å². The summed E-state index contributed by atoms with van der Waals surface area (Å²) >= 11 is 5.70. The minimum atomic E-state index is -4.50. The number of para-hydroxylation sites is 1. The van der Waals surface area contributed by atoms with E-state index in [-0.39, 0.29) is 6.61 Å². The van der Waals surface area contributed by atoms with E-state index in [0.29, 0.717) is 5.75 Å². The SMILES string of the molecule is Cc1ccccc1OC(Cl)COP(=O)(O)O. The van der Waals surface area contributed by atoms with Crippen molar-refractivity contribution in [2.75, 3.05) is 6.61 Å². The second kappa shape index (κ2) is 5.66. The van der Waals surface area contributed by atoms with Crippen molar-refractivity contribution in [2.24, 2.45) is 0 Å². The molecule has 5 nitrogen and oxygen atoms in total. The molecule has 0 bridgehead atoms. The van der Waals surface area contributed by atoms with E-state index < -0.39 is 13.4 Å². The Morgan fingerprint density at radius 2 is 2.06 bits per heavy atom. The molecule has 1 rings (SSSR count). The first-order chi connectivity index (χ1) is 7.38. The molecule has 0 aliphatic carbocycles. The van der Waals surface area contributed by atoms with Crippen LogP contribution in [0.4, 0.5) is 0 Å². The highest BCUT2D eigenvalue weighted by Crippen LogP contribution is 2.36. The van der Waals surface area contributed by atoms with Crippen molar-refractivity contribution < 1.29 is 23.6 Å². The lowest BCUT2D eigenvalue weighted by Gasteiger charge is -2.14. The lowest BCUT2D eigenvalue weighted by atomic mass is 10.2. The predicted molar refractivity (Wildman–Crippen MR) is 59.4 cm³/mol. The molecule has 0 heterocycles. The maximum absolute atomic E-state index is 10.4. The number of hydrogen-bond donors (Lipinski definition) is 2. The van der Waals surface area contributed by atoms with Crippen molar-refractivity contribution in [3.8, 4) is 5.75 Å². The molecule has 1 atom stereocenters. The first kappa shape index (κ1) is 13.5. The maximum atomic E-state index is 10.4. The molecule has 90 valence electrons. The van der Waals surface area contributed by atoms with E-state index in [0.717, 1.165) is 5.56 Å². The van der Waals surface area contributed by atoms with Gasteiger partial charge >= 0.3 is 7.82 Å². The van der Waals surface area contributed by atoms with Gasteiger partial charge in [-0.3, -0.25) is 4.52 Å². The molecule has 2 N–H and O–H groups in total. The number of phosphoric acid groups is 1. The Morgan fingerprint density at radius 1 is 1.44 bits per heavy atom. The summed E-state index contributed by atoms with van der Waals surface area (Å²) in [5.74, 6) is 0.553. The topological polar surface area (TPSA) is 76.0 Å². The van der Waals surface area contributed by atoms with Crippen molar-refractivity contribution in [2.45, 2.75) is 12.5 Å². The molecule has 0 saturated heterocycles. The van der Waals surface area contributed by atoms with Crippen LogP contribution >= 0.6 is 19.4 Å². The van der Waals surface area contributed by atoms with Gasteiger partial charge in [0.15, 0.2) is 5.56 Å². The number of benzene rings is 1. The summed E-state index contributed by atoms with van der Waals surface area (Å²) in [4.78, 5) is 16.9. The summed E-state index contributed by atoms with van der Waals surface area (Å²) in [5, 5.41) is 0. The normalized spacial score (nSPS) is 13.5. The van der Waals surface area contributed by atoms with Crippen molar-refractivity contribution in [3.63, 3.8) is 0 Å². The van der Waals surface area contributed by atoms with E-state index >= 15 is 0 Å². The van der Waals surface area contributed by atoms with E-state index in [1.54, 1.807) is 12.1 Å². The van der Waals surface area contributed by atoms with Crippen LogP contribution in [0.15, 0.2) is 24.3 Å². The smallest absolute Gasteiger partial charge is 0.469 e. The zero-order chi connectivity index (χ0) is 12.2. The Hall–Kier alpha value is -0.580. The van der Waals surface area contributed by atoms with Gasteiger partial charge < -0.3 is 14.5 Å². The minimum absolute atomic E-state index is 0.389. The highest BCUT2D eigenvalue weighted by molar-refractivity contribution is 7.46. The summed E-state index contributed by atoms with van der Waals surface area (Å²) in [6.07, 6.45) is 0. The molecule has 7 heteroatoms. The van der Waals surface area contributed by atoms with Crippen LogP contribution in [0.25, 0.3) is 0 Å². The third kappa shape index (κ3) is 4.96. The van der Waals surface area contributed by atoms with Crippen molar-refractivity contribution >= 4 is 19.4 Å². The summed E-state index contributed by atoms with van der Waals surface area (Å²) in [6.45, 7) is 1.45. The first-order valence-electron chi connectivity index (χ1n) is 4.45. The number of alkyl halides is 1. The van der Waals surface area contributed by atoms with E-state index in [1.807, 2.05) is 19.1 Å². The maximum Gasteiger partial charge on any atom is 0.469 e. The van der Waals surface area contributed by atoms with Crippen LogP contribution < -0.4 is 4.74 Å². The van der Waals surface area contributed by atoms with E-state index in [9.17, 15) is 4.57 Å². The molecular formula is C9H12ClO5P. The van der Waals surface area contributed by atoms with Gasteiger partial charge in [-0.1, -0.05) is 29.8 Å². The zero-order valence-electron chi connectivity index (χ0n) is 8.54. The van der Waals surface area contributed by atoms with E-state index in [4.69, 9.17) is 26.1 Å². The number of ether oxygens (including phenoxy) is 1. The van der Waals surface area contributed by atoms with Crippen LogP contribution in [0.5, 0.6) is 5.75 Å². The monoisotopic (exact) mass is 266 g/mol. The molecule has 16 heavy (non-hydrogen) atoms. The zero-order valence-corrected chi connectivity index (χ0v) is 10.2. The van der Waals surface area contributed by atoms with Crippen LogP contribution in [0.1, 0.15) is 5.56 Å². The van der Waals surface area contributed by atoms with Gasteiger partial charge in [-0.05, 0) is 18.6 Å². The van der Waals surface area contributed by atoms with E-state index in [1.165, 1.54) is 0 Å². The molecular weight excluding hydrogens is 255 g/mol. The Kier molecular flexibility index (Phi) is 4.77. The summed E-state index contributed by atoms with van der Waals surface area (Å²) in [5.41, 5.74) is -0.0712. The van der Waals surface area contributed by atoms with E-state index in [2.05, 4.69) is 4.52 Å². The number of phosphoric ester groups is 1. The second-order valence-electron chi connectivity index (χ2n) is 3.08. The molecule has 0 aromatic heterocycles. The Bertz CT molecular complexity index is 391. The molecule has 0 spiro atoms. The highest BCUT2D eigenvalue weighted by atomic mass is 35.5. The predicted octanol–water partition coefficient (Wildman–Crippen LogP) is 2.05. The Balaban J connectivity index is 2.49. The summed E-state index contributed by atoms with van der Waals surface area (Å²) in [7, 11) is -4.50. The van der Waals surface area contributed by atoms with Gasteiger partial charge in [-0.25, -0.2) is 4.57 Å². The summed E-state index contributed by atoms with van der Waals surface area (Å²) < 4.78 is 19.9. The van der Waals surface area contributed by atoms with Gasteiger partial charge in [0.2, 0.25) is 0 Å². The largest absolute Gasteiger partial charge is 0.472 e. The fourth-order valence-electron chi connectivity index (χ4n) is 1.02. The fourth-order valence-corrected chi connectivity index (χ4v) is 1.59. The molecule has 1 unspecified atom stereocenters. The molecule has 1 aromatic carbocycles. The lowest BCUT2D eigenvalue weighted by Crippen LogP contribution is -2.16. The molecule has 0 aliphatic rings. The van der Waals surface area contributed by atoms with Gasteiger partial charge in [-0.2, -0.15) is 0 Å². The van der Waals surface area contributed by atoms with Gasteiger partial charge in [0.1, 0.15) is 12.4 Å². The average molecular weight is 267 g/mol. The number of rotatable bonds is 5. The minimum Gasteiger partial charge on any atom is -0.472 e. The second-order valence-corrected chi connectivity index (χ2v) is 4.81. The molecule has 0 saturated carbocycles. The number of aryl methyl sites for hydroxylation is 1. The van der Waals surface area contributed by atoms with Crippen molar-refractivity contribution in [1.29, 1.82) is 0 Å².